The van der Waals surface area contributed by atoms with Crippen molar-refractivity contribution in [3.05, 3.63) is 53.6 Å². The van der Waals surface area contributed by atoms with Gasteiger partial charge in [0.15, 0.2) is 0 Å². The summed E-state index contributed by atoms with van der Waals surface area (Å²) in [6.45, 7) is 12.0. The van der Waals surface area contributed by atoms with Crippen molar-refractivity contribution in [2.75, 3.05) is 78.1 Å². The molecule has 2 saturated heterocycles. The van der Waals surface area contributed by atoms with Crippen molar-refractivity contribution in [3.8, 4) is 11.5 Å². The molecule has 3 aliphatic heterocycles. The molecule has 236 valence electrons. The number of nitrogens with zero attached hydrogens (tertiary/aromatic N) is 2. The zero-order valence-electron chi connectivity index (χ0n) is 26.4. The van der Waals surface area contributed by atoms with Crippen molar-refractivity contribution in [1.82, 2.24) is 15.5 Å². The summed E-state index contributed by atoms with van der Waals surface area (Å²) in [4.78, 5) is 17.9. The van der Waals surface area contributed by atoms with Gasteiger partial charge in [0.2, 0.25) is 5.91 Å². The highest BCUT2D eigenvalue weighted by Gasteiger charge is 2.39. The van der Waals surface area contributed by atoms with E-state index in [-0.39, 0.29) is 24.0 Å². The maximum Gasteiger partial charge on any atom is 0.228 e. The maximum atomic E-state index is 13.5. The Morgan fingerprint density at radius 3 is 2.60 bits per heavy atom. The van der Waals surface area contributed by atoms with E-state index in [1.54, 1.807) is 14.2 Å². The molecule has 43 heavy (non-hydrogen) atoms. The number of carbonyl (C=O) groups is 1. The topological polar surface area (TPSA) is 84.5 Å². The third-order valence-corrected chi connectivity index (χ3v) is 9.10. The average Bonchev–Trinajstić information content (AvgIpc) is 3.04. The largest absolute Gasteiger partial charge is 0.497 e. The van der Waals surface area contributed by atoms with Gasteiger partial charge in [0, 0.05) is 70.4 Å². The van der Waals surface area contributed by atoms with Crippen molar-refractivity contribution in [2.45, 2.75) is 57.8 Å². The first kappa shape index (κ1) is 31.6. The van der Waals surface area contributed by atoms with Gasteiger partial charge in [-0.05, 0) is 54.7 Å². The molecule has 2 aromatic rings. The number of piperazine rings is 1. The Bertz CT molecular complexity index is 1180. The van der Waals surface area contributed by atoms with E-state index in [2.05, 4.69) is 59.7 Å². The van der Waals surface area contributed by atoms with E-state index in [4.69, 9.17) is 18.9 Å². The SMILES string of the molecule is COCCCN1CCOc2ccc(CO[C@H]3CN[C@H](CC(C)(C)C(=O)N4CCNCC4)C[C@@H]3c3ccc(OC)cc3)cc21. The molecule has 3 aliphatic rings. The van der Waals surface area contributed by atoms with Gasteiger partial charge in [0.05, 0.1) is 32.1 Å². The second kappa shape index (κ2) is 14.8. The predicted octanol–water partition coefficient (Wildman–Crippen LogP) is 3.81. The van der Waals surface area contributed by atoms with Crippen LogP contribution in [0.25, 0.3) is 0 Å². The minimum atomic E-state index is -0.437. The normalized spacial score (nSPS) is 22.6. The lowest BCUT2D eigenvalue weighted by Crippen LogP contribution is -2.53. The first-order valence-corrected chi connectivity index (χ1v) is 15.9. The van der Waals surface area contributed by atoms with Crippen LogP contribution in [0.4, 0.5) is 5.69 Å². The van der Waals surface area contributed by atoms with Crippen LogP contribution >= 0.6 is 0 Å². The number of methoxy groups -OCH3 is 2. The lowest BCUT2D eigenvalue weighted by Gasteiger charge is -2.41. The highest BCUT2D eigenvalue weighted by atomic mass is 16.5. The molecule has 3 atom stereocenters. The smallest absolute Gasteiger partial charge is 0.228 e. The van der Waals surface area contributed by atoms with Crippen molar-refractivity contribution in [3.63, 3.8) is 0 Å². The van der Waals surface area contributed by atoms with Crippen LogP contribution in [0.15, 0.2) is 42.5 Å². The summed E-state index contributed by atoms with van der Waals surface area (Å²) >= 11 is 0. The van der Waals surface area contributed by atoms with Gasteiger partial charge in [-0.25, -0.2) is 0 Å². The number of piperidine rings is 1. The molecule has 2 N–H and O–H groups in total. The molecule has 0 radical (unpaired) electrons. The first-order chi connectivity index (χ1) is 20.9. The number of hydrogen-bond acceptors (Lipinski definition) is 8. The van der Waals surface area contributed by atoms with E-state index in [0.717, 1.165) is 94.4 Å². The van der Waals surface area contributed by atoms with Crippen molar-refractivity contribution in [1.29, 1.82) is 0 Å². The molecule has 0 spiro atoms. The molecule has 2 fully saturated rings. The van der Waals surface area contributed by atoms with Crippen LogP contribution in [0.5, 0.6) is 11.5 Å². The summed E-state index contributed by atoms with van der Waals surface area (Å²) < 4.78 is 23.3. The number of fused-ring (bicyclic) bond motifs is 1. The fraction of sp³-hybridized carbons (Fsp3) is 0.618. The fourth-order valence-electron chi connectivity index (χ4n) is 6.74. The van der Waals surface area contributed by atoms with Crippen LogP contribution in [0.2, 0.25) is 0 Å². The monoisotopic (exact) mass is 594 g/mol. The molecule has 2 aromatic carbocycles. The number of ether oxygens (including phenoxy) is 4. The fourth-order valence-corrected chi connectivity index (χ4v) is 6.74. The molecule has 9 nitrogen and oxygen atoms in total. The second-order valence-electron chi connectivity index (χ2n) is 12.7. The van der Waals surface area contributed by atoms with Crippen LogP contribution in [0.1, 0.15) is 50.2 Å². The molecule has 5 rings (SSSR count). The minimum Gasteiger partial charge on any atom is -0.497 e. The Balaban J connectivity index is 1.27. The second-order valence-corrected chi connectivity index (χ2v) is 12.7. The van der Waals surface area contributed by atoms with Gasteiger partial charge in [-0.15, -0.1) is 0 Å². The first-order valence-electron chi connectivity index (χ1n) is 15.9. The number of rotatable bonds is 12. The van der Waals surface area contributed by atoms with Gasteiger partial charge in [0.25, 0.3) is 0 Å². The van der Waals surface area contributed by atoms with Crippen LogP contribution in [-0.2, 0) is 20.9 Å². The highest BCUT2D eigenvalue weighted by molar-refractivity contribution is 5.82. The van der Waals surface area contributed by atoms with Gasteiger partial charge >= 0.3 is 0 Å². The van der Waals surface area contributed by atoms with E-state index in [9.17, 15) is 4.79 Å². The molecule has 0 aromatic heterocycles. The minimum absolute atomic E-state index is 0.00159. The Morgan fingerprint density at radius 2 is 1.86 bits per heavy atom. The van der Waals surface area contributed by atoms with Crippen molar-refractivity contribution >= 4 is 11.6 Å². The van der Waals surface area contributed by atoms with E-state index in [1.807, 2.05) is 17.0 Å². The lowest BCUT2D eigenvalue weighted by molar-refractivity contribution is -0.141. The summed E-state index contributed by atoms with van der Waals surface area (Å²) in [5.41, 5.74) is 3.08. The summed E-state index contributed by atoms with van der Waals surface area (Å²) in [5, 5.41) is 7.10. The molecule has 1 amide bonds. The number of benzene rings is 2. The summed E-state index contributed by atoms with van der Waals surface area (Å²) in [6.07, 6.45) is 2.67. The number of amides is 1. The predicted molar refractivity (Wildman–Crippen MR) is 169 cm³/mol. The van der Waals surface area contributed by atoms with Gasteiger partial charge in [-0.3, -0.25) is 4.79 Å². The van der Waals surface area contributed by atoms with E-state index >= 15 is 0 Å². The summed E-state index contributed by atoms with van der Waals surface area (Å²) in [5.74, 6) is 2.24. The Labute approximate surface area is 257 Å². The van der Waals surface area contributed by atoms with Crippen LogP contribution < -0.4 is 25.0 Å². The van der Waals surface area contributed by atoms with Gasteiger partial charge in [-0.2, -0.15) is 0 Å². The molecule has 0 unspecified atom stereocenters. The Hall–Kier alpha value is -2.85. The summed E-state index contributed by atoms with van der Waals surface area (Å²) in [7, 11) is 3.44. The highest BCUT2D eigenvalue weighted by Crippen LogP contribution is 2.37. The number of anilines is 1. The molecule has 3 heterocycles. The van der Waals surface area contributed by atoms with E-state index in [1.165, 1.54) is 5.56 Å². The number of nitrogens with one attached hydrogen (secondary N) is 2. The van der Waals surface area contributed by atoms with Crippen LogP contribution in [0.3, 0.4) is 0 Å². The molecule has 0 bridgehead atoms. The zero-order valence-corrected chi connectivity index (χ0v) is 26.4. The third-order valence-electron chi connectivity index (χ3n) is 9.10. The van der Waals surface area contributed by atoms with Crippen molar-refractivity contribution < 1.29 is 23.7 Å². The van der Waals surface area contributed by atoms with E-state index < -0.39 is 5.41 Å². The standard InChI is InChI=1S/C34H50N4O5/c1-34(2,33(39)38-15-12-35-13-16-38)22-27-21-29(26-7-9-28(41-4)10-8-26)32(23-36-27)43-24-25-6-11-31-30(20-25)37(17-19-42-31)14-5-18-40-3/h6-11,20,27,29,32,35-36H,5,12-19,21-24H2,1-4H3/t27-,29+,32-/m0/s1. The molecule has 0 aliphatic carbocycles. The van der Waals surface area contributed by atoms with Crippen LogP contribution in [0, 0.1) is 5.41 Å². The molecular formula is C34H50N4O5. The summed E-state index contributed by atoms with van der Waals surface area (Å²) in [6, 6.07) is 15.0. The maximum absolute atomic E-state index is 13.5. The molecular weight excluding hydrogens is 544 g/mol. The number of hydrogen-bond donors (Lipinski definition) is 2. The Kier molecular flexibility index (Phi) is 10.8. The van der Waals surface area contributed by atoms with Crippen molar-refractivity contribution in [2.24, 2.45) is 5.41 Å². The Morgan fingerprint density at radius 1 is 1.07 bits per heavy atom. The number of carbonyl (C=O) groups excluding carboxylic acids is 1. The average molecular weight is 595 g/mol. The van der Waals surface area contributed by atoms with Gasteiger partial charge in [0.1, 0.15) is 18.1 Å². The lowest BCUT2D eigenvalue weighted by atomic mass is 9.77. The third kappa shape index (κ3) is 8.01. The quantitative estimate of drug-likeness (QED) is 0.359. The van der Waals surface area contributed by atoms with Crippen LogP contribution in [-0.4, -0.2) is 96.2 Å². The molecule has 0 saturated carbocycles. The van der Waals surface area contributed by atoms with E-state index in [0.29, 0.717) is 13.2 Å². The molecule has 9 heteroatoms. The van der Waals surface area contributed by atoms with Gasteiger partial charge < -0.3 is 39.4 Å². The van der Waals surface area contributed by atoms with Gasteiger partial charge in [-0.1, -0.05) is 32.0 Å². The zero-order chi connectivity index (χ0) is 30.2.